The van der Waals surface area contributed by atoms with Gasteiger partial charge in [0, 0.05) is 0 Å². The van der Waals surface area contributed by atoms with Gasteiger partial charge < -0.3 is 5.32 Å². The lowest BCUT2D eigenvalue weighted by atomic mass is 10.8. The summed E-state index contributed by atoms with van der Waals surface area (Å²) in [7, 11) is 0. The predicted molar refractivity (Wildman–Crippen MR) is 22.1 cm³/mol. The molecule has 1 N–H and O–H groups in total. The molecule has 1 aliphatic heterocycles. The Morgan fingerprint density at radius 3 is 3.00 bits per heavy atom. The van der Waals surface area contributed by atoms with Crippen LogP contribution in [0.3, 0.4) is 0 Å². The molecule has 1 rings (SSSR count). The maximum absolute atomic E-state index is 9.63. The largest absolute Gasteiger partial charge is 0.339 e. The van der Waals surface area contributed by atoms with E-state index in [1.165, 1.54) is 0 Å². The third kappa shape index (κ3) is 0.639. The number of nitrogens with zero attached hydrogens (tertiary/aromatic N) is 2. The SMILES string of the molecule is O=C=C1N=NCN1. The van der Waals surface area contributed by atoms with Gasteiger partial charge in [0.2, 0.25) is 5.82 Å². The van der Waals surface area contributed by atoms with Gasteiger partial charge in [-0.25, -0.2) is 4.79 Å². The van der Waals surface area contributed by atoms with Gasteiger partial charge in [-0.15, -0.1) is 5.11 Å². The fraction of sp³-hybridized carbons (Fsp3) is 0.333. The maximum Gasteiger partial charge on any atom is 0.234 e. The van der Waals surface area contributed by atoms with Crippen molar-refractivity contribution in [1.29, 1.82) is 0 Å². The van der Waals surface area contributed by atoms with Crippen molar-refractivity contribution in [2.45, 2.75) is 0 Å². The van der Waals surface area contributed by atoms with Gasteiger partial charge in [0.05, 0.1) is 0 Å². The summed E-state index contributed by atoms with van der Waals surface area (Å²) < 4.78 is 0. The zero-order valence-electron chi connectivity index (χ0n) is 3.51. The van der Waals surface area contributed by atoms with Crippen LogP contribution < -0.4 is 5.32 Å². The highest BCUT2D eigenvalue weighted by atomic mass is 16.1. The van der Waals surface area contributed by atoms with Crippen molar-refractivity contribution < 1.29 is 4.79 Å². The Bertz CT molecular complexity index is 144. The van der Waals surface area contributed by atoms with E-state index in [0.29, 0.717) is 6.67 Å². The van der Waals surface area contributed by atoms with Gasteiger partial charge >= 0.3 is 0 Å². The second-order valence-corrected chi connectivity index (χ2v) is 1.03. The van der Waals surface area contributed by atoms with E-state index in [1.807, 2.05) is 0 Å². The van der Waals surface area contributed by atoms with Crippen LogP contribution in [0.1, 0.15) is 0 Å². The standard InChI is InChI=1S/C3H3N3O/c7-1-3-4-2-5-6-3/h4H,2H2. The fourth-order valence-corrected chi connectivity index (χ4v) is 0.308. The van der Waals surface area contributed by atoms with E-state index < -0.39 is 0 Å². The zero-order chi connectivity index (χ0) is 5.11. The lowest BCUT2D eigenvalue weighted by Gasteiger charge is -1.79. The van der Waals surface area contributed by atoms with Gasteiger partial charge in [-0.05, 0) is 0 Å². The minimum Gasteiger partial charge on any atom is -0.339 e. The summed E-state index contributed by atoms with van der Waals surface area (Å²) in [6, 6.07) is 0. The average molecular weight is 97.1 g/mol. The third-order valence-corrected chi connectivity index (χ3v) is 0.585. The van der Waals surface area contributed by atoms with E-state index in [9.17, 15) is 4.79 Å². The molecule has 4 nitrogen and oxygen atoms in total. The Labute approximate surface area is 39.9 Å². The van der Waals surface area contributed by atoms with E-state index in [0.717, 1.165) is 0 Å². The van der Waals surface area contributed by atoms with Crippen molar-refractivity contribution in [3.05, 3.63) is 5.82 Å². The number of azo groups is 1. The molecule has 0 aromatic heterocycles. The van der Waals surface area contributed by atoms with Crippen LogP contribution in [-0.4, -0.2) is 12.6 Å². The minimum atomic E-state index is 0.194. The van der Waals surface area contributed by atoms with Crippen molar-refractivity contribution in [3.63, 3.8) is 0 Å². The predicted octanol–water partition coefficient (Wildman–Crippen LogP) is -0.328. The van der Waals surface area contributed by atoms with E-state index >= 15 is 0 Å². The molecule has 0 aromatic carbocycles. The van der Waals surface area contributed by atoms with Crippen LogP contribution in [0.25, 0.3) is 0 Å². The quantitative estimate of drug-likeness (QED) is 0.421. The Morgan fingerprint density at radius 2 is 2.71 bits per heavy atom. The molecule has 36 valence electrons. The Hall–Kier alpha value is -1.15. The Balaban J connectivity index is 2.77. The topological polar surface area (TPSA) is 53.8 Å². The molecule has 0 aliphatic carbocycles. The summed E-state index contributed by atoms with van der Waals surface area (Å²) in [4.78, 5) is 9.63. The molecule has 0 radical (unpaired) electrons. The highest BCUT2D eigenvalue weighted by molar-refractivity contribution is 5.50. The first kappa shape index (κ1) is 4.02. The van der Waals surface area contributed by atoms with E-state index in [4.69, 9.17) is 0 Å². The van der Waals surface area contributed by atoms with Gasteiger partial charge in [-0.3, -0.25) is 0 Å². The van der Waals surface area contributed by atoms with Crippen LogP contribution >= 0.6 is 0 Å². The van der Waals surface area contributed by atoms with Gasteiger partial charge in [0.15, 0.2) is 5.94 Å². The molecule has 0 saturated carbocycles. The summed E-state index contributed by atoms with van der Waals surface area (Å²) in [5, 5.41) is 9.38. The first-order chi connectivity index (χ1) is 3.43. The summed E-state index contributed by atoms with van der Waals surface area (Å²) >= 11 is 0. The van der Waals surface area contributed by atoms with Gasteiger partial charge in [0.1, 0.15) is 6.67 Å². The molecular formula is C3H3N3O. The Kier molecular flexibility index (Phi) is 0.880. The molecule has 0 amide bonds. The monoisotopic (exact) mass is 97.0 g/mol. The maximum atomic E-state index is 9.63. The van der Waals surface area contributed by atoms with Gasteiger partial charge in [-0.2, -0.15) is 5.11 Å². The molecule has 0 spiro atoms. The lowest BCUT2D eigenvalue weighted by Crippen LogP contribution is -2.04. The van der Waals surface area contributed by atoms with Crippen molar-refractivity contribution in [1.82, 2.24) is 5.32 Å². The normalized spacial score (nSPS) is 16.3. The number of hydrogen-bond acceptors (Lipinski definition) is 4. The highest BCUT2D eigenvalue weighted by Gasteiger charge is 1.97. The van der Waals surface area contributed by atoms with E-state index in [2.05, 4.69) is 15.5 Å². The van der Waals surface area contributed by atoms with Crippen LogP contribution in [0, 0.1) is 0 Å². The minimum absolute atomic E-state index is 0.194. The second kappa shape index (κ2) is 1.53. The van der Waals surface area contributed by atoms with Crippen molar-refractivity contribution in [2.75, 3.05) is 6.67 Å². The average Bonchev–Trinajstić information content (AvgIpc) is 2.14. The smallest absolute Gasteiger partial charge is 0.234 e. The van der Waals surface area contributed by atoms with Crippen LogP contribution in [0.5, 0.6) is 0 Å². The summed E-state index contributed by atoms with van der Waals surface area (Å²) in [5.74, 6) is 1.75. The van der Waals surface area contributed by atoms with Gasteiger partial charge in [0.25, 0.3) is 0 Å². The van der Waals surface area contributed by atoms with Crippen LogP contribution in [0.4, 0.5) is 0 Å². The third-order valence-electron chi connectivity index (χ3n) is 0.585. The molecule has 1 heterocycles. The summed E-state index contributed by atoms with van der Waals surface area (Å²) in [6.07, 6.45) is 0. The van der Waals surface area contributed by atoms with Crippen LogP contribution in [-0.2, 0) is 4.79 Å². The molecule has 0 atom stereocenters. The molecule has 1 aliphatic rings. The first-order valence-electron chi connectivity index (χ1n) is 1.80. The van der Waals surface area contributed by atoms with Crippen LogP contribution in [0.2, 0.25) is 0 Å². The van der Waals surface area contributed by atoms with Crippen molar-refractivity contribution in [2.24, 2.45) is 10.2 Å². The van der Waals surface area contributed by atoms with Crippen molar-refractivity contribution >= 4 is 5.94 Å². The first-order valence-corrected chi connectivity index (χ1v) is 1.80. The lowest BCUT2D eigenvalue weighted by molar-refractivity contribution is 0.565. The highest BCUT2D eigenvalue weighted by Crippen LogP contribution is 1.92. The number of hydrogen-bond donors (Lipinski definition) is 1. The fourth-order valence-electron chi connectivity index (χ4n) is 0.308. The van der Waals surface area contributed by atoms with E-state index in [1.54, 1.807) is 5.94 Å². The zero-order valence-corrected chi connectivity index (χ0v) is 3.51. The Morgan fingerprint density at radius 1 is 1.86 bits per heavy atom. The summed E-state index contributed by atoms with van der Waals surface area (Å²) in [6.45, 7) is 0.407. The molecule has 0 fully saturated rings. The molecule has 0 bridgehead atoms. The van der Waals surface area contributed by atoms with E-state index in [-0.39, 0.29) is 5.82 Å². The molecule has 7 heavy (non-hydrogen) atoms. The molecule has 0 unspecified atom stereocenters. The number of carbonyl (C=O) groups excluding carboxylic acids is 1. The number of nitrogens with one attached hydrogen (secondary N) is 1. The second-order valence-electron chi connectivity index (χ2n) is 1.03. The summed E-state index contributed by atoms with van der Waals surface area (Å²) in [5.41, 5.74) is 0. The number of rotatable bonds is 0. The molecule has 0 saturated heterocycles. The van der Waals surface area contributed by atoms with Gasteiger partial charge in [-0.1, -0.05) is 0 Å². The molecule has 0 aromatic rings. The molecular weight excluding hydrogens is 94.1 g/mol. The van der Waals surface area contributed by atoms with Crippen LogP contribution in [0.15, 0.2) is 16.0 Å². The van der Waals surface area contributed by atoms with Crippen molar-refractivity contribution in [3.8, 4) is 0 Å². The molecule has 4 heteroatoms.